The monoisotopic (exact) mass is 274 g/mol. The van der Waals surface area contributed by atoms with Crippen LogP contribution < -0.4 is 5.32 Å². The van der Waals surface area contributed by atoms with E-state index in [1.54, 1.807) is 0 Å². The lowest BCUT2D eigenvalue weighted by Gasteiger charge is -2.35. The first-order valence-corrected chi connectivity index (χ1v) is 7.89. The van der Waals surface area contributed by atoms with Crippen LogP contribution in [0.2, 0.25) is 0 Å². The summed E-state index contributed by atoms with van der Waals surface area (Å²) in [4.78, 5) is 2.45. The first-order valence-electron chi connectivity index (χ1n) is 7.89. The topological polar surface area (TPSA) is 15.3 Å². The van der Waals surface area contributed by atoms with Crippen LogP contribution in [0.25, 0.3) is 0 Å². The van der Waals surface area contributed by atoms with E-state index in [-0.39, 0.29) is 5.41 Å². The van der Waals surface area contributed by atoms with Gasteiger partial charge in [0.05, 0.1) is 0 Å². The molecule has 0 spiro atoms. The molecule has 1 aliphatic heterocycles. The Morgan fingerprint density at radius 1 is 1.20 bits per heavy atom. The highest BCUT2D eigenvalue weighted by atomic mass is 15.1. The minimum absolute atomic E-state index is 0.245. The highest BCUT2D eigenvalue weighted by molar-refractivity contribution is 5.27. The molecule has 1 N–H and O–H groups in total. The Balaban J connectivity index is 1.85. The van der Waals surface area contributed by atoms with Gasteiger partial charge >= 0.3 is 0 Å². The van der Waals surface area contributed by atoms with Crippen molar-refractivity contribution in [3.05, 3.63) is 35.4 Å². The quantitative estimate of drug-likeness (QED) is 0.906. The highest BCUT2D eigenvalue weighted by Gasteiger charge is 2.22. The summed E-state index contributed by atoms with van der Waals surface area (Å²) in [5, 5.41) is 3.72. The molecule has 2 heteroatoms. The van der Waals surface area contributed by atoms with Gasteiger partial charge in [0.25, 0.3) is 0 Å². The predicted octanol–water partition coefficient (Wildman–Crippen LogP) is 3.56. The van der Waals surface area contributed by atoms with Gasteiger partial charge in [-0.2, -0.15) is 0 Å². The fourth-order valence-electron chi connectivity index (χ4n) is 2.86. The van der Waals surface area contributed by atoms with Crippen molar-refractivity contribution in [1.29, 1.82) is 0 Å². The molecule has 1 aliphatic rings. The number of nitrogens with zero attached hydrogens (tertiary/aromatic N) is 1. The van der Waals surface area contributed by atoms with Crippen LogP contribution in [0.4, 0.5) is 0 Å². The summed E-state index contributed by atoms with van der Waals surface area (Å²) in [5.41, 5.74) is 3.05. The summed E-state index contributed by atoms with van der Waals surface area (Å²) in [6.45, 7) is 11.3. The summed E-state index contributed by atoms with van der Waals surface area (Å²) >= 11 is 0. The zero-order valence-corrected chi connectivity index (χ0v) is 13.7. The van der Waals surface area contributed by atoms with Gasteiger partial charge in [0.1, 0.15) is 0 Å². The lowest BCUT2D eigenvalue weighted by atomic mass is 9.87. The molecule has 20 heavy (non-hydrogen) atoms. The van der Waals surface area contributed by atoms with Gasteiger partial charge in [0.15, 0.2) is 0 Å². The average molecular weight is 274 g/mol. The maximum atomic E-state index is 3.72. The predicted molar refractivity (Wildman–Crippen MR) is 87.1 cm³/mol. The smallest absolute Gasteiger partial charge is 0.0208 e. The first kappa shape index (κ1) is 15.5. The van der Waals surface area contributed by atoms with Crippen LogP contribution >= 0.6 is 0 Å². The molecule has 1 fully saturated rings. The van der Waals surface area contributed by atoms with Gasteiger partial charge in [-0.1, -0.05) is 45.0 Å². The van der Waals surface area contributed by atoms with E-state index < -0.39 is 0 Å². The minimum Gasteiger partial charge on any atom is -0.310 e. The molecule has 1 aromatic rings. The number of hydrogen-bond donors (Lipinski definition) is 1. The van der Waals surface area contributed by atoms with E-state index in [0.29, 0.717) is 12.1 Å². The molecule has 2 unspecified atom stereocenters. The SMILES string of the molecule is CC1CC(NCc2ccc(C(C)(C)C)cc2)CCN1C. The van der Waals surface area contributed by atoms with E-state index in [2.05, 4.69) is 69.2 Å². The normalized spacial score (nSPS) is 24.9. The molecule has 0 aromatic heterocycles. The Morgan fingerprint density at radius 3 is 2.40 bits per heavy atom. The fourth-order valence-corrected chi connectivity index (χ4v) is 2.86. The zero-order chi connectivity index (χ0) is 14.8. The minimum atomic E-state index is 0.245. The number of piperidine rings is 1. The molecule has 0 saturated carbocycles. The molecule has 1 aromatic carbocycles. The zero-order valence-electron chi connectivity index (χ0n) is 13.7. The Kier molecular flexibility index (Phi) is 4.87. The van der Waals surface area contributed by atoms with Gasteiger partial charge in [0, 0.05) is 18.6 Å². The molecule has 2 rings (SSSR count). The molecule has 1 heterocycles. The van der Waals surface area contributed by atoms with Gasteiger partial charge in [0.2, 0.25) is 0 Å². The van der Waals surface area contributed by atoms with Crippen LogP contribution in [-0.4, -0.2) is 30.6 Å². The molecule has 0 radical (unpaired) electrons. The second kappa shape index (κ2) is 6.28. The summed E-state index contributed by atoms with van der Waals surface area (Å²) in [6.07, 6.45) is 2.53. The second-order valence-electron chi connectivity index (χ2n) is 7.38. The third-order valence-electron chi connectivity index (χ3n) is 4.62. The molecular formula is C18H30N2. The van der Waals surface area contributed by atoms with Crippen molar-refractivity contribution in [3.8, 4) is 0 Å². The van der Waals surface area contributed by atoms with Crippen molar-refractivity contribution in [2.24, 2.45) is 0 Å². The summed E-state index contributed by atoms with van der Waals surface area (Å²) in [5.74, 6) is 0. The van der Waals surface area contributed by atoms with Crippen molar-refractivity contribution >= 4 is 0 Å². The average Bonchev–Trinajstić information content (AvgIpc) is 2.40. The number of rotatable bonds is 3. The van der Waals surface area contributed by atoms with Crippen LogP contribution in [0.1, 0.15) is 51.7 Å². The number of nitrogens with one attached hydrogen (secondary N) is 1. The van der Waals surface area contributed by atoms with Gasteiger partial charge in [-0.25, -0.2) is 0 Å². The summed E-state index contributed by atoms with van der Waals surface area (Å²) in [6, 6.07) is 10.5. The number of likely N-dealkylation sites (tertiary alicyclic amines) is 1. The molecular weight excluding hydrogens is 244 g/mol. The Labute approximate surface area is 124 Å². The third-order valence-corrected chi connectivity index (χ3v) is 4.62. The van der Waals surface area contributed by atoms with Gasteiger partial charge in [-0.3, -0.25) is 0 Å². The van der Waals surface area contributed by atoms with Crippen LogP contribution in [0.15, 0.2) is 24.3 Å². The standard InChI is InChI=1S/C18H30N2/c1-14-12-17(10-11-20(14)5)19-13-15-6-8-16(9-7-15)18(2,3)4/h6-9,14,17,19H,10-13H2,1-5H3. The molecule has 112 valence electrons. The van der Waals surface area contributed by atoms with E-state index in [0.717, 1.165) is 6.54 Å². The number of hydrogen-bond acceptors (Lipinski definition) is 2. The van der Waals surface area contributed by atoms with Crippen molar-refractivity contribution < 1.29 is 0 Å². The highest BCUT2D eigenvalue weighted by Crippen LogP contribution is 2.22. The summed E-state index contributed by atoms with van der Waals surface area (Å²) < 4.78 is 0. The fraction of sp³-hybridized carbons (Fsp3) is 0.667. The van der Waals surface area contributed by atoms with E-state index in [4.69, 9.17) is 0 Å². The molecule has 0 aliphatic carbocycles. The van der Waals surface area contributed by atoms with Crippen LogP contribution in [0.5, 0.6) is 0 Å². The van der Waals surface area contributed by atoms with Crippen molar-refractivity contribution in [1.82, 2.24) is 10.2 Å². The lowest BCUT2D eigenvalue weighted by molar-refractivity contribution is 0.168. The molecule has 0 amide bonds. The van der Waals surface area contributed by atoms with Gasteiger partial charge < -0.3 is 10.2 Å². The maximum absolute atomic E-state index is 3.72. The summed E-state index contributed by atoms with van der Waals surface area (Å²) in [7, 11) is 2.23. The Morgan fingerprint density at radius 2 is 1.85 bits per heavy atom. The molecule has 2 nitrogen and oxygen atoms in total. The Bertz CT molecular complexity index is 416. The van der Waals surface area contributed by atoms with Crippen LogP contribution in [0, 0.1) is 0 Å². The maximum Gasteiger partial charge on any atom is 0.0208 e. The van der Waals surface area contributed by atoms with E-state index >= 15 is 0 Å². The lowest BCUT2D eigenvalue weighted by Crippen LogP contribution is -2.45. The van der Waals surface area contributed by atoms with Crippen molar-refractivity contribution in [3.63, 3.8) is 0 Å². The molecule has 1 saturated heterocycles. The Hall–Kier alpha value is -0.860. The van der Waals surface area contributed by atoms with Crippen LogP contribution in [0.3, 0.4) is 0 Å². The van der Waals surface area contributed by atoms with Gasteiger partial charge in [-0.05, 0) is 49.9 Å². The van der Waals surface area contributed by atoms with E-state index in [9.17, 15) is 0 Å². The van der Waals surface area contributed by atoms with Crippen LogP contribution in [-0.2, 0) is 12.0 Å². The number of benzene rings is 1. The third kappa shape index (κ3) is 4.07. The van der Waals surface area contributed by atoms with Crippen molar-refractivity contribution in [2.75, 3.05) is 13.6 Å². The van der Waals surface area contributed by atoms with E-state index in [1.807, 2.05) is 0 Å². The second-order valence-corrected chi connectivity index (χ2v) is 7.38. The van der Waals surface area contributed by atoms with E-state index in [1.165, 1.54) is 30.5 Å². The van der Waals surface area contributed by atoms with Crippen molar-refractivity contribution in [2.45, 2.75) is 64.6 Å². The largest absolute Gasteiger partial charge is 0.310 e. The first-order chi connectivity index (χ1) is 9.36. The molecule has 0 bridgehead atoms. The van der Waals surface area contributed by atoms with Gasteiger partial charge in [-0.15, -0.1) is 0 Å². The molecule has 2 atom stereocenters.